The second kappa shape index (κ2) is 12.0. The Bertz CT molecular complexity index is 2060. The number of phenols is 2. The number of thioether (sulfide) groups is 1. The number of phenolic OH excluding ortho intramolecular Hbond substituents is 2. The standard InChI is InChI=1S/C29H21N5O9S3/c1-11-32-33-26(46-11)23(44)15-10-45-28-20(27(40)34(28)21(15)29(41)42)31-25(39)19(12-5-3-2-4-6-12)30-24(38)14-9-43-18-8-17(36)16(35)7-13(18)22(14)37/h2-9,19-20,28,35-36H,10H2,1H3,(H,30,38)(H,31,39)(H,41,42)/t19?,20-,28+/m1/s1. The summed E-state index contributed by atoms with van der Waals surface area (Å²) in [6.07, 6.45) is 0.868. The molecule has 0 radical (unpaired) electrons. The molecule has 234 valence electrons. The predicted molar refractivity (Wildman–Crippen MR) is 168 cm³/mol. The van der Waals surface area contributed by atoms with Gasteiger partial charge >= 0.3 is 5.97 Å². The molecule has 6 rings (SSSR count). The van der Waals surface area contributed by atoms with E-state index in [9.17, 15) is 39.3 Å². The molecule has 0 spiro atoms. The lowest BCUT2D eigenvalue weighted by Gasteiger charge is -2.49. The number of nitrogens with zero attached hydrogens (tertiary/aromatic N) is 3. The number of nitrogens with one attached hydrogen (secondary N) is 2. The molecule has 4 heterocycles. The maximum atomic E-state index is 13.7. The van der Waals surface area contributed by atoms with E-state index in [-0.39, 0.29) is 32.9 Å². The number of carbonyl (C=O) groups is 4. The molecule has 0 saturated carbocycles. The van der Waals surface area contributed by atoms with Crippen LogP contribution < -0.4 is 16.1 Å². The van der Waals surface area contributed by atoms with Crippen LogP contribution in [0.2, 0.25) is 0 Å². The number of thiocarbonyl (C=S) groups is 1. The van der Waals surface area contributed by atoms with Gasteiger partial charge in [-0.05, 0) is 18.6 Å². The van der Waals surface area contributed by atoms with Crippen molar-refractivity contribution in [1.29, 1.82) is 0 Å². The lowest BCUT2D eigenvalue weighted by Crippen LogP contribution is -2.71. The number of amides is 3. The van der Waals surface area contributed by atoms with Crippen molar-refractivity contribution in [2.24, 2.45) is 0 Å². The third-order valence-electron chi connectivity index (χ3n) is 7.25. The quantitative estimate of drug-likeness (QED) is 0.0781. The maximum Gasteiger partial charge on any atom is 0.353 e. The molecule has 46 heavy (non-hydrogen) atoms. The van der Waals surface area contributed by atoms with Crippen LogP contribution in [-0.2, 0) is 14.4 Å². The smallest absolute Gasteiger partial charge is 0.353 e. The summed E-state index contributed by atoms with van der Waals surface area (Å²) < 4.78 is 5.32. The van der Waals surface area contributed by atoms with E-state index < -0.39 is 63.6 Å². The van der Waals surface area contributed by atoms with Crippen LogP contribution in [0.1, 0.15) is 32.0 Å². The van der Waals surface area contributed by atoms with Crippen molar-refractivity contribution in [1.82, 2.24) is 25.7 Å². The number of aromatic nitrogens is 2. The molecule has 2 aliphatic heterocycles. The largest absolute Gasteiger partial charge is 0.504 e. The molecular formula is C29H21N5O9S3. The zero-order valence-electron chi connectivity index (χ0n) is 23.4. The van der Waals surface area contributed by atoms with Gasteiger partial charge in [-0.1, -0.05) is 53.9 Å². The molecule has 2 aromatic heterocycles. The van der Waals surface area contributed by atoms with Gasteiger partial charge in [-0.25, -0.2) is 4.79 Å². The molecule has 0 bridgehead atoms. The fraction of sp³-hybridized carbons (Fsp3) is 0.172. The molecule has 2 aromatic carbocycles. The molecule has 1 fully saturated rings. The number of hydrogen-bond acceptors (Lipinski definition) is 13. The van der Waals surface area contributed by atoms with E-state index in [4.69, 9.17) is 16.6 Å². The average Bonchev–Trinajstić information content (AvgIpc) is 3.48. The summed E-state index contributed by atoms with van der Waals surface area (Å²) >= 11 is 7.90. The number of fused-ring (bicyclic) bond motifs is 2. The summed E-state index contributed by atoms with van der Waals surface area (Å²) in [5.41, 5.74) is -1.12. The van der Waals surface area contributed by atoms with E-state index in [2.05, 4.69) is 20.8 Å². The fourth-order valence-corrected chi connectivity index (χ4v) is 7.45. The number of hydrogen-bond donors (Lipinski definition) is 5. The van der Waals surface area contributed by atoms with Crippen LogP contribution >= 0.6 is 35.3 Å². The van der Waals surface area contributed by atoms with Gasteiger partial charge in [-0.15, -0.1) is 22.0 Å². The van der Waals surface area contributed by atoms with Crippen molar-refractivity contribution in [3.63, 3.8) is 0 Å². The van der Waals surface area contributed by atoms with Crippen LogP contribution in [0.4, 0.5) is 0 Å². The third kappa shape index (κ3) is 5.37. The third-order valence-corrected chi connectivity index (χ3v) is 9.95. The van der Waals surface area contributed by atoms with Crippen LogP contribution in [0.25, 0.3) is 11.0 Å². The Morgan fingerprint density at radius 2 is 1.83 bits per heavy atom. The van der Waals surface area contributed by atoms with Crippen LogP contribution in [0.3, 0.4) is 0 Å². The van der Waals surface area contributed by atoms with Crippen molar-refractivity contribution in [3.05, 3.63) is 91.4 Å². The highest BCUT2D eigenvalue weighted by Crippen LogP contribution is 2.41. The van der Waals surface area contributed by atoms with E-state index >= 15 is 0 Å². The first-order valence-corrected chi connectivity index (χ1v) is 15.6. The fourth-order valence-electron chi connectivity index (χ4n) is 5.01. The number of aromatic hydroxyl groups is 2. The molecule has 14 nitrogen and oxygen atoms in total. The first-order valence-electron chi connectivity index (χ1n) is 13.4. The molecule has 0 aliphatic carbocycles. The molecule has 3 amide bonds. The number of aryl methyl sites for hydroxylation is 1. The number of rotatable bonds is 8. The number of carboxylic acids is 1. The number of carboxylic acid groups (broad SMARTS) is 1. The van der Waals surface area contributed by atoms with Crippen LogP contribution in [0, 0.1) is 6.92 Å². The highest BCUT2D eigenvalue weighted by molar-refractivity contribution is 8.00. The minimum absolute atomic E-state index is 0.0793. The second-order valence-electron chi connectivity index (χ2n) is 10.1. The normalized spacial score (nSPS) is 18.0. The summed E-state index contributed by atoms with van der Waals surface area (Å²) in [6.45, 7) is 1.73. The van der Waals surface area contributed by atoms with E-state index in [0.717, 1.165) is 23.3 Å². The highest BCUT2D eigenvalue weighted by atomic mass is 32.2. The van der Waals surface area contributed by atoms with E-state index in [1.165, 1.54) is 23.1 Å². The monoisotopic (exact) mass is 679 g/mol. The van der Waals surface area contributed by atoms with Crippen LogP contribution in [0.15, 0.2) is 69.2 Å². The Morgan fingerprint density at radius 3 is 2.50 bits per heavy atom. The summed E-state index contributed by atoms with van der Waals surface area (Å²) in [7, 11) is 0. The Morgan fingerprint density at radius 1 is 1.11 bits per heavy atom. The minimum Gasteiger partial charge on any atom is -0.504 e. The van der Waals surface area contributed by atoms with E-state index in [0.29, 0.717) is 15.6 Å². The number of β-lactam (4-membered cyclic amide) rings is 1. The van der Waals surface area contributed by atoms with Crippen molar-refractivity contribution >= 4 is 74.8 Å². The molecule has 1 saturated heterocycles. The SMILES string of the molecule is Cc1nnc(C(=S)C2=C(C(=O)O)N3C(=O)[C@@H](NC(=O)C(NC(=O)c4coc5cc(O)c(O)cc5c4=O)c4ccccc4)[C@@H]3SC2)s1. The zero-order chi connectivity index (χ0) is 32.9. The van der Waals surface area contributed by atoms with Gasteiger partial charge in [-0.3, -0.25) is 24.1 Å². The van der Waals surface area contributed by atoms with Crippen molar-refractivity contribution in [2.75, 3.05) is 5.75 Å². The Balaban J connectivity index is 1.25. The van der Waals surface area contributed by atoms with Gasteiger partial charge in [0.25, 0.3) is 11.8 Å². The van der Waals surface area contributed by atoms with E-state index in [1.54, 1.807) is 37.3 Å². The Kier molecular flexibility index (Phi) is 8.05. The summed E-state index contributed by atoms with van der Waals surface area (Å²) in [5, 5.41) is 42.6. The lowest BCUT2D eigenvalue weighted by atomic mass is 10.00. The first kappa shape index (κ1) is 30.9. The second-order valence-corrected chi connectivity index (χ2v) is 12.8. The molecule has 5 N–H and O–H groups in total. The summed E-state index contributed by atoms with van der Waals surface area (Å²) in [4.78, 5) is 66.9. The van der Waals surface area contributed by atoms with Gasteiger partial charge < -0.3 is 30.4 Å². The lowest BCUT2D eigenvalue weighted by molar-refractivity contribution is -0.150. The Labute approximate surface area is 271 Å². The predicted octanol–water partition coefficient (Wildman–Crippen LogP) is 1.99. The topological polar surface area (TPSA) is 212 Å². The number of aliphatic carboxylic acids is 1. The highest BCUT2D eigenvalue weighted by Gasteiger charge is 2.55. The maximum absolute atomic E-state index is 13.7. The van der Waals surface area contributed by atoms with E-state index in [1.807, 2.05) is 0 Å². The number of carbonyl (C=O) groups excluding carboxylic acids is 3. The molecule has 4 aromatic rings. The zero-order valence-corrected chi connectivity index (χ0v) is 25.9. The van der Waals surface area contributed by atoms with Gasteiger partial charge in [0.1, 0.15) is 45.6 Å². The van der Waals surface area contributed by atoms with Crippen LogP contribution in [0.5, 0.6) is 11.5 Å². The summed E-state index contributed by atoms with van der Waals surface area (Å²) in [5.74, 6) is -4.82. The summed E-state index contributed by atoms with van der Waals surface area (Å²) in [6, 6.07) is 7.53. The first-order chi connectivity index (χ1) is 22.0. The van der Waals surface area contributed by atoms with Gasteiger partial charge in [0.2, 0.25) is 11.3 Å². The van der Waals surface area contributed by atoms with Crippen molar-refractivity contribution in [3.8, 4) is 11.5 Å². The molecule has 2 aliphatic rings. The molecule has 1 unspecified atom stereocenters. The molecule has 17 heteroatoms. The van der Waals surface area contributed by atoms with Crippen molar-refractivity contribution < 1.29 is 38.9 Å². The Hall–Kier alpha value is -5.13. The molecule has 3 atom stereocenters. The molecular weight excluding hydrogens is 659 g/mol. The van der Waals surface area contributed by atoms with Gasteiger partial charge in [0, 0.05) is 17.4 Å². The van der Waals surface area contributed by atoms with Gasteiger partial charge in [-0.2, -0.15) is 0 Å². The minimum atomic E-state index is -1.38. The number of benzene rings is 2. The van der Waals surface area contributed by atoms with Gasteiger partial charge in [0.15, 0.2) is 16.5 Å². The van der Waals surface area contributed by atoms with Crippen molar-refractivity contribution in [2.45, 2.75) is 24.4 Å². The average molecular weight is 680 g/mol. The van der Waals surface area contributed by atoms with Crippen LogP contribution in [-0.4, -0.2) is 76.1 Å². The van der Waals surface area contributed by atoms with Gasteiger partial charge in [0.05, 0.1) is 10.3 Å².